The highest BCUT2D eigenvalue weighted by atomic mass is 16.4. The van der Waals surface area contributed by atoms with E-state index >= 15 is 0 Å². The first-order chi connectivity index (χ1) is 9.40. The van der Waals surface area contributed by atoms with Gasteiger partial charge in [-0.05, 0) is 24.1 Å². The van der Waals surface area contributed by atoms with Crippen molar-refractivity contribution in [1.82, 2.24) is 5.32 Å². The topological polar surface area (TPSA) is 130 Å². The Bertz CT molecular complexity index is 498. The molecule has 0 saturated carbocycles. The summed E-state index contributed by atoms with van der Waals surface area (Å²) in [5, 5.41) is 19.9. The van der Waals surface area contributed by atoms with Crippen molar-refractivity contribution in [2.45, 2.75) is 25.4 Å². The molecule has 0 aliphatic heterocycles. The minimum atomic E-state index is -1.14. The van der Waals surface area contributed by atoms with Gasteiger partial charge in [0.1, 0.15) is 6.04 Å². The van der Waals surface area contributed by atoms with E-state index in [-0.39, 0.29) is 30.9 Å². The number of amides is 1. The average Bonchev–Trinajstić information content (AvgIpc) is 2.42. The molecule has 0 bridgehead atoms. The number of hydrogen-bond donors (Lipinski definition) is 4. The van der Waals surface area contributed by atoms with Crippen molar-refractivity contribution < 1.29 is 24.6 Å². The Morgan fingerprint density at radius 3 is 2.25 bits per heavy atom. The molecule has 1 amide bonds. The summed E-state index contributed by atoms with van der Waals surface area (Å²) < 4.78 is 0. The van der Waals surface area contributed by atoms with E-state index in [4.69, 9.17) is 15.9 Å². The van der Waals surface area contributed by atoms with Crippen LogP contribution in [0.5, 0.6) is 0 Å². The fourth-order valence-corrected chi connectivity index (χ4v) is 1.46. The molecular weight excluding hydrogens is 264 g/mol. The molecule has 0 fully saturated rings. The Labute approximate surface area is 115 Å². The highest BCUT2D eigenvalue weighted by Gasteiger charge is 2.13. The van der Waals surface area contributed by atoms with Crippen LogP contribution in [0.25, 0.3) is 0 Å². The SMILES string of the molecule is N[C@@H](CCC(=O)NCc1ccc(C(=O)O)cc1)C(=O)O. The number of aliphatic carboxylic acids is 1. The van der Waals surface area contributed by atoms with Crippen LogP contribution in [0.4, 0.5) is 0 Å². The molecule has 20 heavy (non-hydrogen) atoms. The number of nitrogens with two attached hydrogens (primary N) is 1. The molecule has 0 spiro atoms. The third kappa shape index (κ3) is 5.07. The van der Waals surface area contributed by atoms with Crippen LogP contribution >= 0.6 is 0 Å². The highest BCUT2D eigenvalue weighted by molar-refractivity contribution is 5.87. The molecule has 108 valence electrons. The molecule has 5 N–H and O–H groups in total. The van der Waals surface area contributed by atoms with E-state index in [1.165, 1.54) is 12.1 Å². The van der Waals surface area contributed by atoms with Crippen LogP contribution in [-0.4, -0.2) is 34.1 Å². The zero-order valence-corrected chi connectivity index (χ0v) is 10.7. The Morgan fingerprint density at radius 2 is 1.75 bits per heavy atom. The molecule has 0 heterocycles. The highest BCUT2D eigenvalue weighted by Crippen LogP contribution is 2.04. The summed E-state index contributed by atoms with van der Waals surface area (Å²) in [6.07, 6.45) is 0.0970. The predicted molar refractivity (Wildman–Crippen MR) is 70.1 cm³/mol. The van der Waals surface area contributed by atoms with Gasteiger partial charge >= 0.3 is 11.9 Å². The van der Waals surface area contributed by atoms with Gasteiger partial charge in [0.2, 0.25) is 5.91 Å². The van der Waals surface area contributed by atoms with Gasteiger partial charge in [-0.2, -0.15) is 0 Å². The number of rotatable bonds is 7. The van der Waals surface area contributed by atoms with Crippen molar-refractivity contribution in [1.29, 1.82) is 0 Å². The van der Waals surface area contributed by atoms with Gasteiger partial charge in [0.25, 0.3) is 0 Å². The molecule has 7 heteroatoms. The molecule has 1 aromatic rings. The maximum Gasteiger partial charge on any atom is 0.335 e. The Morgan fingerprint density at radius 1 is 1.15 bits per heavy atom. The number of carbonyl (C=O) groups excluding carboxylic acids is 1. The molecule has 1 aromatic carbocycles. The lowest BCUT2D eigenvalue weighted by Gasteiger charge is -2.07. The number of nitrogens with one attached hydrogen (secondary N) is 1. The lowest BCUT2D eigenvalue weighted by molar-refractivity contribution is -0.138. The number of carbonyl (C=O) groups is 3. The first-order valence-corrected chi connectivity index (χ1v) is 5.97. The van der Waals surface area contributed by atoms with Crippen LogP contribution in [0.2, 0.25) is 0 Å². The van der Waals surface area contributed by atoms with Crippen LogP contribution in [0.15, 0.2) is 24.3 Å². The standard InChI is InChI=1S/C13H16N2O5/c14-10(13(19)20)5-6-11(16)15-7-8-1-3-9(4-2-8)12(17)18/h1-4,10H,5-7,14H2,(H,15,16)(H,17,18)(H,19,20)/t10-/m0/s1. The summed E-state index contributed by atoms with van der Waals surface area (Å²) in [4.78, 5) is 32.6. The average molecular weight is 280 g/mol. The monoisotopic (exact) mass is 280 g/mol. The van der Waals surface area contributed by atoms with Gasteiger partial charge < -0.3 is 21.3 Å². The second-order valence-corrected chi connectivity index (χ2v) is 4.26. The quantitative estimate of drug-likeness (QED) is 0.564. The van der Waals surface area contributed by atoms with E-state index in [1.807, 2.05) is 0 Å². The van der Waals surface area contributed by atoms with Gasteiger partial charge in [0.05, 0.1) is 5.56 Å². The number of hydrogen-bond acceptors (Lipinski definition) is 4. The van der Waals surface area contributed by atoms with Gasteiger partial charge in [-0.3, -0.25) is 9.59 Å². The van der Waals surface area contributed by atoms with Crippen molar-refractivity contribution in [3.8, 4) is 0 Å². The molecule has 0 aromatic heterocycles. The van der Waals surface area contributed by atoms with Crippen LogP contribution in [0.1, 0.15) is 28.8 Å². The van der Waals surface area contributed by atoms with Crippen LogP contribution < -0.4 is 11.1 Å². The van der Waals surface area contributed by atoms with E-state index in [9.17, 15) is 14.4 Å². The third-order valence-corrected chi connectivity index (χ3v) is 2.69. The Kier molecular flexibility index (Phi) is 5.67. The summed E-state index contributed by atoms with van der Waals surface area (Å²) in [5.41, 5.74) is 6.21. The second-order valence-electron chi connectivity index (χ2n) is 4.26. The minimum Gasteiger partial charge on any atom is -0.480 e. The normalized spacial score (nSPS) is 11.7. The van der Waals surface area contributed by atoms with Crippen molar-refractivity contribution in [3.05, 3.63) is 35.4 Å². The predicted octanol–water partition coefficient (Wildman–Crippen LogP) is 0.193. The summed E-state index contributed by atoms with van der Waals surface area (Å²) in [7, 11) is 0. The third-order valence-electron chi connectivity index (χ3n) is 2.69. The van der Waals surface area contributed by atoms with Gasteiger partial charge in [-0.15, -0.1) is 0 Å². The number of carboxylic acid groups (broad SMARTS) is 2. The largest absolute Gasteiger partial charge is 0.480 e. The lowest BCUT2D eigenvalue weighted by Crippen LogP contribution is -2.32. The summed E-state index contributed by atoms with van der Waals surface area (Å²) in [6.45, 7) is 0.251. The zero-order valence-electron chi connectivity index (χ0n) is 10.7. The lowest BCUT2D eigenvalue weighted by atomic mass is 10.1. The molecule has 0 unspecified atom stereocenters. The van der Waals surface area contributed by atoms with E-state index in [2.05, 4.69) is 5.32 Å². The van der Waals surface area contributed by atoms with Crippen molar-refractivity contribution in [2.24, 2.45) is 5.73 Å². The van der Waals surface area contributed by atoms with Crippen LogP contribution in [0, 0.1) is 0 Å². The minimum absolute atomic E-state index is 0.0284. The smallest absolute Gasteiger partial charge is 0.335 e. The zero-order chi connectivity index (χ0) is 15.1. The van der Waals surface area contributed by atoms with E-state index < -0.39 is 18.0 Å². The van der Waals surface area contributed by atoms with E-state index in [0.717, 1.165) is 5.56 Å². The summed E-state index contributed by atoms with van der Waals surface area (Å²) >= 11 is 0. The molecule has 0 saturated heterocycles. The van der Waals surface area contributed by atoms with Crippen LogP contribution in [-0.2, 0) is 16.1 Å². The fourth-order valence-electron chi connectivity index (χ4n) is 1.46. The number of carboxylic acids is 2. The summed E-state index contributed by atoms with van der Waals surface area (Å²) in [6, 6.07) is 5.06. The maximum absolute atomic E-state index is 11.5. The van der Waals surface area contributed by atoms with Crippen molar-refractivity contribution in [2.75, 3.05) is 0 Å². The number of benzene rings is 1. The molecule has 0 aliphatic carbocycles. The molecule has 1 rings (SSSR count). The van der Waals surface area contributed by atoms with Gasteiger partial charge in [0.15, 0.2) is 0 Å². The second kappa shape index (κ2) is 7.25. The van der Waals surface area contributed by atoms with Crippen molar-refractivity contribution in [3.63, 3.8) is 0 Å². The molecule has 0 radical (unpaired) electrons. The van der Waals surface area contributed by atoms with Gasteiger partial charge in [-0.25, -0.2) is 4.79 Å². The van der Waals surface area contributed by atoms with E-state index in [0.29, 0.717) is 0 Å². The molecule has 0 aliphatic rings. The van der Waals surface area contributed by atoms with Gasteiger partial charge in [0, 0.05) is 13.0 Å². The fraction of sp³-hybridized carbons (Fsp3) is 0.308. The molecule has 7 nitrogen and oxygen atoms in total. The van der Waals surface area contributed by atoms with E-state index in [1.54, 1.807) is 12.1 Å². The summed E-state index contributed by atoms with van der Waals surface area (Å²) in [5.74, 6) is -2.45. The van der Waals surface area contributed by atoms with Gasteiger partial charge in [-0.1, -0.05) is 12.1 Å². The first-order valence-electron chi connectivity index (χ1n) is 5.97. The Balaban J connectivity index is 2.37. The maximum atomic E-state index is 11.5. The Hall–Kier alpha value is -2.41. The molecule has 1 atom stereocenters. The number of aromatic carboxylic acids is 1. The van der Waals surface area contributed by atoms with Crippen molar-refractivity contribution >= 4 is 17.8 Å². The molecular formula is C13H16N2O5. The van der Waals surface area contributed by atoms with Crippen LogP contribution in [0.3, 0.4) is 0 Å². The first kappa shape index (κ1) is 15.6.